The molecule has 0 aliphatic heterocycles. The molecular weight excluding hydrogens is 312 g/mol. The Hall–Kier alpha value is -2.76. The Labute approximate surface area is 141 Å². The molecule has 0 saturated heterocycles. The van der Waals surface area contributed by atoms with Crippen molar-refractivity contribution in [1.29, 1.82) is 0 Å². The van der Waals surface area contributed by atoms with Crippen molar-refractivity contribution in [3.8, 4) is 45.6 Å². The highest BCUT2D eigenvalue weighted by molar-refractivity contribution is 5.79. The van der Waals surface area contributed by atoms with Crippen molar-refractivity contribution < 1.29 is 28.4 Å². The highest BCUT2D eigenvalue weighted by Crippen LogP contribution is 2.47. The molecule has 6 nitrogen and oxygen atoms in total. The molecule has 2 aromatic carbocycles. The number of methoxy groups -OCH3 is 6. The second-order valence-corrected chi connectivity index (χ2v) is 4.80. The van der Waals surface area contributed by atoms with Crippen molar-refractivity contribution in [2.75, 3.05) is 42.7 Å². The zero-order valence-electron chi connectivity index (χ0n) is 14.8. The van der Waals surface area contributed by atoms with Crippen LogP contribution in [-0.2, 0) is 0 Å². The standard InChI is InChI=1S/C18H22O6/c1-19-13-8-7-12(16(22-4)18(13)24-6)11-9-14(20-2)17(23-5)15(10-11)21-3/h7-10H,1-6H3. The average molecular weight is 334 g/mol. The van der Waals surface area contributed by atoms with Gasteiger partial charge in [-0.25, -0.2) is 0 Å². The molecule has 0 aliphatic rings. The van der Waals surface area contributed by atoms with Gasteiger partial charge in [0.1, 0.15) is 0 Å². The van der Waals surface area contributed by atoms with E-state index in [2.05, 4.69) is 0 Å². The molecule has 0 fully saturated rings. The van der Waals surface area contributed by atoms with Gasteiger partial charge in [0.2, 0.25) is 11.5 Å². The highest BCUT2D eigenvalue weighted by Gasteiger charge is 2.20. The van der Waals surface area contributed by atoms with Gasteiger partial charge < -0.3 is 28.4 Å². The van der Waals surface area contributed by atoms with E-state index in [1.165, 1.54) is 0 Å². The molecule has 6 heteroatoms. The van der Waals surface area contributed by atoms with Crippen molar-refractivity contribution >= 4 is 0 Å². The summed E-state index contributed by atoms with van der Waals surface area (Å²) < 4.78 is 32.5. The van der Waals surface area contributed by atoms with Gasteiger partial charge in [-0.1, -0.05) is 0 Å². The summed E-state index contributed by atoms with van der Waals surface area (Å²) in [5.74, 6) is 3.32. The lowest BCUT2D eigenvalue weighted by molar-refractivity contribution is 0.323. The Balaban J connectivity index is 2.72. The quantitative estimate of drug-likeness (QED) is 0.773. The number of ether oxygens (including phenoxy) is 6. The van der Waals surface area contributed by atoms with Crippen molar-refractivity contribution in [1.82, 2.24) is 0 Å². The summed E-state index contributed by atoms with van der Waals surface area (Å²) in [5.41, 5.74) is 1.65. The maximum atomic E-state index is 5.55. The summed E-state index contributed by atoms with van der Waals surface area (Å²) >= 11 is 0. The molecule has 0 unspecified atom stereocenters. The van der Waals surface area contributed by atoms with Gasteiger partial charge in [-0.05, 0) is 29.8 Å². The fourth-order valence-corrected chi connectivity index (χ4v) is 2.57. The van der Waals surface area contributed by atoms with Crippen LogP contribution in [0.2, 0.25) is 0 Å². The van der Waals surface area contributed by atoms with Gasteiger partial charge in [-0.3, -0.25) is 0 Å². The fraction of sp³-hybridized carbons (Fsp3) is 0.333. The van der Waals surface area contributed by atoms with Gasteiger partial charge in [0.15, 0.2) is 23.0 Å². The van der Waals surface area contributed by atoms with Crippen LogP contribution in [0.1, 0.15) is 0 Å². The van der Waals surface area contributed by atoms with Crippen LogP contribution >= 0.6 is 0 Å². The SMILES string of the molecule is COc1cc(-c2ccc(OC)c(OC)c2OC)cc(OC)c1OC. The molecule has 0 aromatic heterocycles. The fourth-order valence-electron chi connectivity index (χ4n) is 2.57. The van der Waals surface area contributed by atoms with E-state index in [4.69, 9.17) is 28.4 Å². The van der Waals surface area contributed by atoms with Gasteiger partial charge in [-0.15, -0.1) is 0 Å². The minimum atomic E-state index is 0.520. The third-order valence-corrected chi connectivity index (χ3v) is 3.68. The molecule has 0 N–H and O–H groups in total. The van der Waals surface area contributed by atoms with E-state index < -0.39 is 0 Å². The molecule has 0 aliphatic carbocycles. The number of hydrogen-bond donors (Lipinski definition) is 0. The first kappa shape index (κ1) is 17.6. The minimum absolute atomic E-state index is 0.520. The van der Waals surface area contributed by atoms with Crippen LogP contribution in [0.3, 0.4) is 0 Å². The lowest BCUT2D eigenvalue weighted by Gasteiger charge is -2.18. The van der Waals surface area contributed by atoms with Crippen LogP contribution in [0.4, 0.5) is 0 Å². The van der Waals surface area contributed by atoms with Crippen LogP contribution < -0.4 is 28.4 Å². The summed E-state index contributed by atoms with van der Waals surface area (Å²) in [5, 5.41) is 0. The topological polar surface area (TPSA) is 55.4 Å². The van der Waals surface area contributed by atoms with E-state index >= 15 is 0 Å². The molecule has 24 heavy (non-hydrogen) atoms. The number of hydrogen-bond acceptors (Lipinski definition) is 6. The van der Waals surface area contributed by atoms with Crippen LogP contribution in [-0.4, -0.2) is 42.7 Å². The van der Waals surface area contributed by atoms with Crippen molar-refractivity contribution in [2.45, 2.75) is 0 Å². The van der Waals surface area contributed by atoms with E-state index in [1.807, 2.05) is 24.3 Å². The predicted octanol–water partition coefficient (Wildman–Crippen LogP) is 3.41. The Kier molecular flexibility index (Phi) is 5.63. The first-order valence-corrected chi connectivity index (χ1v) is 7.24. The van der Waals surface area contributed by atoms with Crippen LogP contribution in [0.15, 0.2) is 24.3 Å². The molecule has 0 saturated carbocycles. The molecule has 2 aromatic rings. The first-order chi connectivity index (χ1) is 11.6. The second kappa shape index (κ2) is 7.68. The molecule has 2 rings (SSSR count). The van der Waals surface area contributed by atoms with Gasteiger partial charge in [-0.2, -0.15) is 0 Å². The van der Waals surface area contributed by atoms with Crippen molar-refractivity contribution in [3.05, 3.63) is 24.3 Å². The van der Waals surface area contributed by atoms with Crippen LogP contribution in [0.25, 0.3) is 11.1 Å². The molecule has 0 amide bonds. The maximum Gasteiger partial charge on any atom is 0.203 e. The van der Waals surface area contributed by atoms with E-state index in [0.29, 0.717) is 34.5 Å². The summed E-state index contributed by atoms with van der Waals surface area (Å²) in [7, 11) is 9.45. The van der Waals surface area contributed by atoms with E-state index in [0.717, 1.165) is 11.1 Å². The molecule has 0 heterocycles. The zero-order valence-corrected chi connectivity index (χ0v) is 14.8. The maximum absolute atomic E-state index is 5.55. The van der Waals surface area contributed by atoms with Crippen molar-refractivity contribution in [2.24, 2.45) is 0 Å². The number of rotatable bonds is 7. The van der Waals surface area contributed by atoms with Crippen LogP contribution in [0.5, 0.6) is 34.5 Å². The molecule has 0 bridgehead atoms. The normalized spacial score (nSPS) is 10.1. The van der Waals surface area contributed by atoms with Gasteiger partial charge in [0, 0.05) is 5.56 Å². The molecule has 130 valence electrons. The Bertz CT molecular complexity index is 686. The third-order valence-electron chi connectivity index (χ3n) is 3.68. The van der Waals surface area contributed by atoms with E-state index in [-0.39, 0.29) is 0 Å². The summed E-state index contributed by atoms with van der Waals surface area (Å²) in [4.78, 5) is 0. The smallest absolute Gasteiger partial charge is 0.203 e. The Morgan fingerprint density at radius 1 is 0.500 bits per heavy atom. The van der Waals surface area contributed by atoms with Gasteiger partial charge >= 0.3 is 0 Å². The monoisotopic (exact) mass is 334 g/mol. The largest absolute Gasteiger partial charge is 0.493 e. The van der Waals surface area contributed by atoms with Gasteiger partial charge in [0.05, 0.1) is 42.7 Å². The molecule has 0 radical (unpaired) electrons. The van der Waals surface area contributed by atoms with E-state index in [1.54, 1.807) is 42.7 Å². The average Bonchev–Trinajstić information content (AvgIpc) is 2.64. The minimum Gasteiger partial charge on any atom is -0.493 e. The zero-order chi connectivity index (χ0) is 17.7. The molecular formula is C18H22O6. The Morgan fingerprint density at radius 2 is 1.00 bits per heavy atom. The van der Waals surface area contributed by atoms with Crippen molar-refractivity contribution in [3.63, 3.8) is 0 Å². The summed E-state index contributed by atoms with van der Waals surface area (Å²) in [6.45, 7) is 0. The second-order valence-electron chi connectivity index (χ2n) is 4.80. The van der Waals surface area contributed by atoms with Gasteiger partial charge in [0.25, 0.3) is 0 Å². The highest BCUT2D eigenvalue weighted by atomic mass is 16.5. The summed E-state index contributed by atoms with van der Waals surface area (Å²) in [6.07, 6.45) is 0. The third kappa shape index (κ3) is 2.99. The number of benzene rings is 2. The predicted molar refractivity (Wildman–Crippen MR) is 91.2 cm³/mol. The van der Waals surface area contributed by atoms with E-state index in [9.17, 15) is 0 Å². The summed E-state index contributed by atoms with van der Waals surface area (Å²) in [6, 6.07) is 7.41. The molecule has 0 spiro atoms. The van der Waals surface area contributed by atoms with Crippen LogP contribution in [0, 0.1) is 0 Å². The molecule has 0 atom stereocenters. The lowest BCUT2D eigenvalue weighted by Crippen LogP contribution is -1.98. The Morgan fingerprint density at radius 3 is 1.42 bits per heavy atom. The lowest BCUT2D eigenvalue weighted by atomic mass is 10.0. The first-order valence-electron chi connectivity index (χ1n) is 7.24.